The van der Waals surface area contributed by atoms with Gasteiger partial charge in [-0.25, -0.2) is 0 Å². The third-order valence-electron chi connectivity index (χ3n) is 3.80. The van der Waals surface area contributed by atoms with E-state index in [0.29, 0.717) is 12.6 Å². The predicted molar refractivity (Wildman–Crippen MR) is 104 cm³/mol. The van der Waals surface area contributed by atoms with Crippen LogP contribution in [0, 0.1) is 0 Å². The molecule has 24 heavy (non-hydrogen) atoms. The Bertz CT molecular complexity index is 698. The lowest BCUT2D eigenvalue weighted by atomic mass is 10.1. The van der Waals surface area contributed by atoms with E-state index in [1.165, 1.54) is 16.0 Å². The summed E-state index contributed by atoms with van der Waals surface area (Å²) >= 11 is 1.72. The van der Waals surface area contributed by atoms with Gasteiger partial charge in [0.15, 0.2) is 0 Å². The maximum absolute atomic E-state index is 5.79. The van der Waals surface area contributed by atoms with Gasteiger partial charge in [0.1, 0.15) is 12.4 Å². The summed E-state index contributed by atoms with van der Waals surface area (Å²) in [6.45, 7) is 3.68. The van der Waals surface area contributed by atoms with Gasteiger partial charge in [0.25, 0.3) is 0 Å². The Hall–Kier alpha value is -1.81. The van der Waals surface area contributed by atoms with Gasteiger partial charge in [-0.3, -0.25) is 0 Å². The first kappa shape index (κ1) is 18.5. The fourth-order valence-electron chi connectivity index (χ4n) is 2.38. The average molecular weight is 360 g/mol. The number of halogens is 1. The molecule has 0 saturated heterocycles. The SMILES string of the molecule is CC(NCc1ccc(OCc2cccs2)cc1)c1ccccc1.Cl. The molecule has 0 saturated carbocycles. The number of hydrogen-bond acceptors (Lipinski definition) is 3. The van der Waals surface area contributed by atoms with Crippen molar-refractivity contribution in [2.45, 2.75) is 26.1 Å². The van der Waals surface area contributed by atoms with Crippen LogP contribution in [-0.2, 0) is 13.2 Å². The minimum atomic E-state index is 0. The van der Waals surface area contributed by atoms with Gasteiger partial charge in [0.2, 0.25) is 0 Å². The summed E-state index contributed by atoms with van der Waals surface area (Å²) in [5.74, 6) is 0.915. The molecule has 0 aliphatic carbocycles. The molecule has 1 atom stereocenters. The average Bonchev–Trinajstić information content (AvgIpc) is 3.13. The number of nitrogens with one attached hydrogen (secondary N) is 1. The van der Waals surface area contributed by atoms with Crippen molar-refractivity contribution in [3.8, 4) is 5.75 Å². The van der Waals surface area contributed by atoms with Crippen LogP contribution < -0.4 is 10.1 Å². The molecule has 0 aliphatic rings. The number of benzene rings is 2. The molecule has 0 spiro atoms. The third kappa shape index (κ3) is 5.38. The second kappa shape index (κ2) is 9.48. The summed E-state index contributed by atoms with van der Waals surface area (Å²) in [4.78, 5) is 1.24. The van der Waals surface area contributed by atoms with E-state index in [1.54, 1.807) is 11.3 Å². The normalized spacial score (nSPS) is 11.5. The monoisotopic (exact) mass is 359 g/mol. The molecule has 126 valence electrons. The quantitative estimate of drug-likeness (QED) is 0.592. The van der Waals surface area contributed by atoms with Crippen LogP contribution in [0.1, 0.15) is 29.0 Å². The molecule has 0 aliphatic heterocycles. The van der Waals surface area contributed by atoms with E-state index in [1.807, 2.05) is 24.3 Å². The van der Waals surface area contributed by atoms with E-state index in [4.69, 9.17) is 4.74 Å². The Morgan fingerprint density at radius 3 is 2.38 bits per heavy atom. The van der Waals surface area contributed by atoms with Crippen molar-refractivity contribution >= 4 is 23.7 Å². The van der Waals surface area contributed by atoms with Gasteiger partial charge < -0.3 is 10.1 Å². The Labute approximate surface area is 153 Å². The van der Waals surface area contributed by atoms with Crippen molar-refractivity contribution < 1.29 is 4.74 Å². The van der Waals surface area contributed by atoms with Crippen molar-refractivity contribution in [1.29, 1.82) is 0 Å². The van der Waals surface area contributed by atoms with E-state index >= 15 is 0 Å². The molecule has 2 aromatic carbocycles. The number of hydrogen-bond donors (Lipinski definition) is 1. The largest absolute Gasteiger partial charge is 0.488 e. The van der Waals surface area contributed by atoms with E-state index in [-0.39, 0.29) is 12.4 Å². The molecule has 0 radical (unpaired) electrons. The predicted octanol–water partition coefficient (Wildman–Crippen LogP) is 5.60. The second-order valence-electron chi connectivity index (χ2n) is 5.53. The van der Waals surface area contributed by atoms with Crippen molar-refractivity contribution in [3.63, 3.8) is 0 Å². The zero-order valence-electron chi connectivity index (χ0n) is 13.6. The zero-order valence-corrected chi connectivity index (χ0v) is 15.3. The highest BCUT2D eigenvalue weighted by Crippen LogP contribution is 2.17. The highest BCUT2D eigenvalue weighted by molar-refractivity contribution is 7.09. The summed E-state index contributed by atoms with van der Waals surface area (Å²) < 4.78 is 5.79. The molecule has 3 aromatic rings. The van der Waals surface area contributed by atoms with Crippen LogP contribution in [-0.4, -0.2) is 0 Å². The second-order valence-corrected chi connectivity index (χ2v) is 6.56. The van der Waals surface area contributed by atoms with Crippen LogP contribution in [0.4, 0.5) is 0 Å². The summed E-state index contributed by atoms with van der Waals surface area (Å²) in [6.07, 6.45) is 0. The van der Waals surface area contributed by atoms with Crippen LogP contribution in [0.15, 0.2) is 72.1 Å². The first-order chi connectivity index (χ1) is 11.3. The van der Waals surface area contributed by atoms with Gasteiger partial charge in [-0.1, -0.05) is 48.5 Å². The van der Waals surface area contributed by atoms with Gasteiger partial charge in [0.05, 0.1) is 0 Å². The van der Waals surface area contributed by atoms with E-state index < -0.39 is 0 Å². The molecular formula is C20H22ClNOS. The van der Waals surface area contributed by atoms with Crippen LogP contribution in [0.25, 0.3) is 0 Å². The fourth-order valence-corrected chi connectivity index (χ4v) is 3.00. The fraction of sp³-hybridized carbons (Fsp3) is 0.200. The van der Waals surface area contributed by atoms with Gasteiger partial charge in [-0.2, -0.15) is 0 Å². The van der Waals surface area contributed by atoms with Gasteiger partial charge >= 0.3 is 0 Å². The van der Waals surface area contributed by atoms with Gasteiger partial charge in [0, 0.05) is 17.5 Å². The number of ether oxygens (including phenoxy) is 1. The van der Waals surface area contributed by atoms with Crippen molar-refractivity contribution in [2.24, 2.45) is 0 Å². The molecule has 0 bridgehead atoms. The van der Waals surface area contributed by atoms with Crippen molar-refractivity contribution in [1.82, 2.24) is 5.32 Å². The lowest BCUT2D eigenvalue weighted by Crippen LogP contribution is -2.17. The Morgan fingerprint density at radius 1 is 0.958 bits per heavy atom. The lowest BCUT2D eigenvalue weighted by molar-refractivity contribution is 0.309. The first-order valence-corrected chi connectivity index (χ1v) is 8.72. The Balaban J connectivity index is 0.00000208. The standard InChI is InChI=1S/C20H21NOS.ClH/c1-16(18-6-3-2-4-7-18)21-14-17-9-11-19(12-10-17)22-15-20-8-5-13-23-20;/h2-13,16,21H,14-15H2,1H3;1H. The highest BCUT2D eigenvalue weighted by atomic mass is 35.5. The third-order valence-corrected chi connectivity index (χ3v) is 4.65. The smallest absolute Gasteiger partial charge is 0.122 e. The maximum Gasteiger partial charge on any atom is 0.122 e. The van der Waals surface area contributed by atoms with E-state index in [9.17, 15) is 0 Å². The van der Waals surface area contributed by atoms with Crippen molar-refractivity contribution in [3.05, 3.63) is 88.1 Å². The molecular weight excluding hydrogens is 338 g/mol. The highest BCUT2D eigenvalue weighted by Gasteiger charge is 2.04. The molecule has 0 amide bonds. The molecule has 1 aromatic heterocycles. The molecule has 1 heterocycles. The summed E-state index contributed by atoms with van der Waals surface area (Å²) in [7, 11) is 0. The summed E-state index contributed by atoms with van der Waals surface area (Å²) in [5, 5.41) is 5.62. The van der Waals surface area contributed by atoms with Gasteiger partial charge in [-0.15, -0.1) is 23.7 Å². The van der Waals surface area contributed by atoms with Crippen LogP contribution in [0.2, 0.25) is 0 Å². The summed E-state index contributed by atoms with van der Waals surface area (Å²) in [6, 6.07) is 23.3. The van der Waals surface area contributed by atoms with Crippen LogP contribution in [0.3, 0.4) is 0 Å². The zero-order chi connectivity index (χ0) is 15.9. The molecule has 4 heteroatoms. The molecule has 2 nitrogen and oxygen atoms in total. The lowest BCUT2D eigenvalue weighted by Gasteiger charge is -2.14. The van der Waals surface area contributed by atoms with Crippen LogP contribution in [0.5, 0.6) is 5.75 Å². The topological polar surface area (TPSA) is 21.3 Å². The summed E-state index contributed by atoms with van der Waals surface area (Å²) in [5.41, 5.74) is 2.57. The van der Waals surface area contributed by atoms with Gasteiger partial charge in [-0.05, 0) is 41.6 Å². The number of rotatable bonds is 7. The minimum Gasteiger partial charge on any atom is -0.488 e. The molecule has 0 fully saturated rings. The first-order valence-electron chi connectivity index (χ1n) is 7.84. The minimum absolute atomic E-state index is 0. The Morgan fingerprint density at radius 2 is 1.71 bits per heavy atom. The number of thiophene rings is 1. The van der Waals surface area contributed by atoms with E-state index in [0.717, 1.165) is 12.3 Å². The Kier molecular flexibility index (Phi) is 7.32. The maximum atomic E-state index is 5.79. The van der Waals surface area contributed by atoms with Crippen LogP contribution >= 0.6 is 23.7 Å². The molecule has 1 N–H and O–H groups in total. The van der Waals surface area contributed by atoms with E-state index in [2.05, 4.69) is 60.1 Å². The van der Waals surface area contributed by atoms with Crippen molar-refractivity contribution in [2.75, 3.05) is 0 Å². The molecule has 3 rings (SSSR count). The molecule has 1 unspecified atom stereocenters.